The summed E-state index contributed by atoms with van der Waals surface area (Å²) in [6, 6.07) is 15.7. The molecule has 0 radical (unpaired) electrons. The number of nitrogens with zero attached hydrogens (tertiary/aromatic N) is 5. The molecule has 0 bridgehead atoms. The van der Waals surface area contributed by atoms with E-state index in [1.165, 1.54) is 7.11 Å². The minimum Gasteiger partial charge on any atom is -0.493 e. The monoisotopic (exact) mass is 491 g/mol. The fourth-order valence-electron chi connectivity index (χ4n) is 3.76. The molecular weight excluding hydrogens is 458 g/mol. The fraction of sp³-hybridized carbons (Fsp3) is 0.407. The molecule has 0 saturated heterocycles. The highest BCUT2D eigenvalue weighted by atomic mass is 16.6. The lowest BCUT2D eigenvalue weighted by Crippen LogP contribution is -2.35. The number of hydrogen-bond donors (Lipinski definition) is 0. The molecular formula is C27H33N5O4. The van der Waals surface area contributed by atoms with Crippen molar-refractivity contribution >= 4 is 17.0 Å². The molecule has 9 heteroatoms. The highest BCUT2D eigenvalue weighted by Gasteiger charge is 2.30. The topological polar surface area (TPSA) is 93.3 Å². The third-order valence-corrected chi connectivity index (χ3v) is 5.65. The summed E-state index contributed by atoms with van der Waals surface area (Å²) in [4.78, 5) is 12.1. The number of fused-ring (bicyclic) bond motifs is 1. The van der Waals surface area contributed by atoms with Gasteiger partial charge in [0.1, 0.15) is 16.8 Å². The average Bonchev–Trinajstić information content (AvgIpc) is 3.45. The van der Waals surface area contributed by atoms with Crippen LogP contribution in [0.5, 0.6) is 5.75 Å². The third kappa shape index (κ3) is 5.41. The van der Waals surface area contributed by atoms with Crippen LogP contribution in [0.25, 0.3) is 28.0 Å². The van der Waals surface area contributed by atoms with Crippen LogP contribution in [0.15, 0.2) is 48.5 Å². The summed E-state index contributed by atoms with van der Waals surface area (Å²) in [7, 11) is 3.20. The molecule has 0 N–H and O–H groups in total. The molecule has 36 heavy (non-hydrogen) atoms. The lowest BCUT2D eigenvalue weighted by atomic mass is 9.99. The number of esters is 1. The fourth-order valence-corrected chi connectivity index (χ4v) is 3.76. The minimum absolute atomic E-state index is 0.0386. The van der Waals surface area contributed by atoms with Crippen LogP contribution in [-0.4, -0.2) is 50.1 Å². The van der Waals surface area contributed by atoms with Gasteiger partial charge in [0, 0.05) is 12.6 Å². The molecule has 4 rings (SSSR count). The van der Waals surface area contributed by atoms with Gasteiger partial charge in [-0.3, -0.25) is 0 Å². The van der Waals surface area contributed by atoms with Gasteiger partial charge in [0.25, 0.3) is 0 Å². The molecule has 190 valence electrons. The van der Waals surface area contributed by atoms with Crippen LogP contribution in [0.2, 0.25) is 0 Å². The van der Waals surface area contributed by atoms with E-state index in [0.29, 0.717) is 12.3 Å². The van der Waals surface area contributed by atoms with Crippen molar-refractivity contribution in [3.05, 3.63) is 54.2 Å². The first kappa shape index (κ1) is 25.4. The van der Waals surface area contributed by atoms with Crippen LogP contribution in [0.4, 0.5) is 0 Å². The van der Waals surface area contributed by atoms with E-state index >= 15 is 0 Å². The molecule has 0 atom stereocenters. The number of carbonyl (C=O) groups is 1. The Kier molecular flexibility index (Phi) is 6.86. The van der Waals surface area contributed by atoms with E-state index in [0.717, 1.165) is 33.7 Å². The lowest BCUT2D eigenvalue weighted by Gasteiger charge is -2.21. The number of methoxy groups -OCH3 is 1. The van der Waals surface area contributed by atoms with Crippen molar-refractivity contribution in [1.29, 1.82) is 0 Å². The van der Waals surface area contributed by atoms with Crippen molar-refractivity contribution in [3.8, 4) is 22.7 Å². The zero-order valence-corrected chi connectivity index (χ0v) is 21.9. The van der Waals surface area contributed by atoms with Gasteiger partial charge < -0.3 is 14.2 Å². The molecule has 0 aliphatic rings. The zero-order chi connectivity index (χ0) is 26.1. The molecule has 4 aromatic rings. The van der Waals surface area contributed by atoms with Gasteiger partial charge in [-0.25, -0.2) is 14.2 Å². The van der Waals surface area contributed by atoms with E-state index in [2.05, 4.69) is 31.1 Å². The van der Waals surface area contributed by atoms with Gasteiger partial charge in [-0.1, -0.05) is 44.2 Å². The number of benzene rings is 2. The summed E-state index contributed by atoms with van der Waals surface area (Å²) in [5.74, 6) is 0.330. The first-order valence-electron chi connectivity index (χ1n) is 11.8. The number of ether oxygens (including phenoxy) is 3. The quantitative estimate of drug-likeness (QED) is 0.329. The molecule has 2 heterocycles. The first-order valence-corrected chi connectivity index (χ1v) is 11.8. The molecule has 0 saturated carbocycles. The number of carbonyl (C=O) groups excluding carboxylic acids is 1. The van der Waals surface area contributed by atoms with E-state index in [1.807, 2.05) is 60.3 Å². The standard InChI is InChI=1S/C27H33N5O4/c1-26(2,3)17-35-20-11-8-10-18(14-20)23-15-19(16-36-27(4,5)25(33)34-7)29-32(23)22-13-9-12-21-24(22)31(6)30-28-21/h8-15H,16-17H2,1-7H3. The number of rotatable bonds is 8. The second-order valence-electron chi connectivity index (χ2n) is 10.5. The SMILES string of the molecule is COC(=O)C(C)(C)OCc1cc(-c2cccc(OCC(C)(C)C)c2)n(-c2cccc3nnn(C)c23)n1. The summed E-state index contributed by atoms with van der Waals surface area (Å²) in [6.45, 7) is 10.5. The van der Waals surface area contributed by atoms with Crippen molar-refractivity contribution in [3.63, 3.8) is 0 Å². The van der Waals surface area contributed by atoms with Crippen molar-refractivity contribution in [2.45, 2.75) is 46.8 Å². The van der Waals surface area contributed by atoms with Gasteiger partial charge in [-0.05, 0) is 49.6 Å². The molecule has 0 fully saturated rings. The normalized spacial score (nSPS) is 12.2. The summed E-state index contributed by atoms with van der Waals surface area (Å²) in [5, 5.41) is 13.3. The van der Waals surface area contributed by atoms with Crippen LogP contribution >= 0.6 is 0 Å². The van der Waals surface area contributed by atoms with Crippen molar-refractivity contribution in [2.75, 3.05) is 13.7 Å². The van der Waals surface area contributed by atoms with E-state index in [9.17, 15) is 4.79 Å². The predicted octanol–water partition coefficient (Wildman–Crippen LogP) is 4.71. The summed E-state index contributed by atoms with van der Waals surface area (Å²) < 4.78 is 20.4. The maximum absolute atomic E-state index is 12.1. The first-order chi connectivity index (χ1) is 17.0. The Hall–Kier alpha value is -3.72. The molecule has 9 nitrogen and oxygen atoms in total. The molecule has 0 amide bonds. The highest BCUT2D eigenvalue weighted by molar-refractivity contribution is 5.84. The Bertz CT molecular complexity index is 1380. The molecule has 0 spiro atoms. The second-order valence-corrected chi connectivity index (χ2v) is 10.5. The maximum atomic E-state index is 12.1. The Morgan fingerprint density at radius 2 is 1.78 bits per heavy atom. The van der Waals surface area contributed by atoms with E-state index in [1.54, 1.807) is 18.5 Å². The molecule has 0 aliphatic carbocycles. The van der Waals surface area contributed by atoms with Gasteiger partial charge in [-0.15, -0.1) is 5.10 Å². The van der Waals surface area contributed by atoms with Gasteiger partial charge in [0.05, 0.1) is 37.4 Å². The van der Waals surface area contributed by atoms with Gasteiger partial charge in [0.15, 0.2) is 5.60 Å². The predicted molar refractivity (Wildman–Crippen MR) is 137 cm³/mol. The lowest BCUT2D eigenvalue weighted by molar-refractivity contribution is -0.166. The van der Waals surface area contributed by atoms with Crippen LogP contribution in [-0.2, 0) is 27.9 Å². The largest absolute Gasteiger partial charge is 0.493 e. The van der Waals surface area contributed by atoms with E-state index in [-0.39, 0.29) is 12.0 Å². The molecule has 0 unspecified atom stereocenters. The Balaban J connectivity index is 1.78. The van der Waals surface area contributed by atoms with Crippen molar-refractivity contribution in [1.82, 2.24) is 24.8 Å². The number of para-hydroxylation sites is 1. The Morgan fingerprint density at radius 3 is 2.50 bits per heavy atom. The Labute approximate surface area is 211 Å². The molecule has 2 aromatic heterocycles. The minimum atomic E-state index is -1.11. The van der Waals surface area contributed by atoms with Gasteiger partial charge in [0.2, 0.25) is 0 Å². The van der Waals surface area contributed by atoms with Crippen LogP contribution < -0.4 is 4.74 Å². The highest BCUT2D eigenvalue weighted by Crippen LogP contribution is 2.31. The third-order valence-electron chi connectivity index (χ3n) is 5.65. The Morgan fingerprint density at radius 1 is 1.03 bits per heavy atom. The molecule has 0 aliphatic heterocycles. The van der Waals surface area contributed by atoms with E-state index in [4.69, 9.17) is 19.3 Å². The second kappa shape index (κ2) is 9.73. The maximum Gasteiger partial charge on any atom is 0.337 e. The number of aryl methyl sites for hydroxylation is 1. The average molecular weight is 492 g/mol. The van der Waals surface area contributed by atoms with Crippen LogP contribution in [0, 0.1) is 5.41 Å². The smallest absolute Gasteiger partial charge is 0.337 e. The number of hydrogen-bond acceptors (Lipinski definition) is 7. The van der Waals surface area contributed by atoms with Crippen LogP contribution in [0.1, 0.15) is 40.3 Å². The zero-order valence-electron chi connectivity index (χ0n) is 21.9. The van der Waals surface area contributed by atoms with Crippen molar-refractivity contribution in [2.24, 2.45) is 12.5 Å². The van der Waals surface area contributed by atoms with Gasteiger partial charge in [-0.2, -0.15) is 5.10 Å². The van der Waals surface area contributed by atoms with Crippen molar-refractivity contribution < 1.29 is 19.0 Å². The van der Waals surface area contributed by atoms with E-state index < -0.39 is 11.6 Å². The molecule has 2 aromatic carbocycles. The number of aromatic nitrogens is 5. The summed E-state index contributed by atoms with van der Waals surface area (Å²) in [6.07, 6.45) is 0. The van der Waals surface area contributed by atoms with Gasteiger partial charge >= 0.3 is 5.97 Å². The summed E-state index contributed by atoms with van der Waals surface area (Å²) in [5.41, 5.74) is 3.82. The summed E-state index contributed by atoms with van der Waals surface area (Å²) >= 11 is 0. The van der Waals surface area contributed by atoms with Crippen LogP contribution in [0.3, 0.4) is 0 Å².